The Kier molecular flexibility index (Phi) is 94.8. The highest BCUT2D eigenvalue weighted by Gasteiger charge is 2.12. The molecule has 0 fully saturated rings. The molecule has 0 radical (unpaired) electrons. The summed E-state index contributed by atoms with van der Waals surface area (Å²) in [7, 11) is 0. The minimum Gasteiger partial charge on any atom is -0.481 e. The minimum absolute atomic E-state index is 0.00172. The molecule has 0 saturated heterocycles. The van der Waals surface area contributed by atoms with Crippen LogP contribution in [0.15, 0.2) is 12.2 Å². The van der Waals surface area contributed by atoms with Crippen LogP contribution in [0.1, 0.15) is 142 Å². The quantitative estimate of drug-likeness (QED) is 0.0338. The Bertz CT molecular complexity index is 1670. The van der Waals surface area contributed by atoms with Crippen molar-refractivity contribution in [3.05, 3.63) is 12.2 Å². The van der Waals surface area contributed by atoms with Crippen molar-refractivity contribution in [2.75, 3.05) is 337 Å². The summed E-state index contributed by atoms with van der Waals surface area (Å²) in [5.41, 5.74) is -0.115. The maximum atomic E-state index is 11.5. The van der Waals surface area contributed by atoms with Gasteiger partial charge in [-0.1, -0.05) is 135 Å². The lowest BCUT2D eigenvalue weighted by atomic mass is 10.0. The summed E-state index contributed by atoms with van der Waals surface area (Å²) >= 11 is 0. The van der Waals surface area contributed by atoms with Gasteiger partial charge < -0.3 is 128 Å². The zero-order valence-electron chi connectivity index (χ0n) is 66.0. The Morgan fingerprint density at radius 3 is 0.453 bits per heavy atom. The monoisotopic (exact) mass is 1540 g/mol. The summed E-state index contributed by atoms with van der Waals surface area (Å²) in [4.78, 5) is 22.1. The Morgan fingerprint density at radius 1 is 0.189 bits per heavy atom. The van der Waals surface area contributed by atoms with Crippen LogP contribution in [0.2, 0.25) is 0 Å². The fourth-order valence-electron chi connectivity index (χ4n) is 9.39. The van der Waals surface area contributed by atoms with E-state index in [2.05, 4.69) is 13.5 Å². The predicted molar refractivity (Wildman–Crippen MR) is 401 cm³/mol. The molecule has 0 heterocycles. The van der Waals surface area contributed by atoms with Gasteiger partial charge in [-0.3, -0.25) is 4.79 Å². The molecular formula is C77H150O29. The third kappa shape index (κ3) is 95.9. The Hall–Kier alpha value is -2.32. The van der Waals surface area contributed by atoms with Crippen LogP contribution in [0.5, 0.6) is 0 Å². The second kappa shape index (κ2) is 96.9. The van der Waals surface area contributed by atoms with Crippen LogP contribution in [0.4, 0.5) is 0 Å². The number of ether oxygens (including phenoxy) is 26. The van der Waals surface area contributed by atoms with Gasteiger partial charge in [-0.2, -0.15) is 0 Å². The number of carbonyl (C=O) groups is 2. The highest BCUT2D eigenvalue weighted by molar-refractivity contribution is 5.92. The summed E-state index contributed by atoms with van der Waals surface area (Å²) in [5, 5.41) is 8.65. The third-order valence-electron chi connectivity index (χ3n) is 15.2. The first-order chi connectivity index (χ1) is 52.6. The number of unbranched alkanes of at least 4 members (excludes halogenated alkanes) is 19. The lowest BCUT2D eigenvalue weighted by Gasteiger charge is -2.09. The summed E-state index contributed by atoms with van der Waals surface area (Å²) in [6.45, 7) is 29.7. The fraction of sp³-hybridized carbons (Fsp3) is 0.948. The number of rotatable bonds is 99. The maximum Gasteiger partial charge on any atom is 0.334 e. The van der Waals surface area contributed by atoms with Gasteiger partial charge >= 0.3 is 11.9 Å². The molecule has 0 unspecified atom stereocenters. The lowest BCUT2D eigenvalue weighted by Crippen LogP contribution is -2.16. The van der Waals surface area contributed by atoms with Crippen LogP contribution >= 0.6 is 0 Å². The average Bonchev–Trinajstić information content (AvgIpc) is 1.11. The Labute approximate surface area is 638 Å². The van der Waals surface area contributed by atoms with E-state index in [4.69, 9.17) is 128 Å². The molecule has 29 heteroatoms. The predicted octanol–water partition coefficient (Wildman–Crippen LogP) is 8.80. The molecule has 106 heavy (non-hydrogen) atoms. The second-order valence-corrected chi connectivity index (χ2v) is 24.3. The minimum atomic E-state index is -1.14. The number of hydrogen-bond donors (Lipinski definition) is 1. The first-order valence-corrected chi connectivity index (χ1v) is 40.1. The molecule has 0 aromatic heterocycles. The van der Waals surface area contributed by atoms with Gasteiger partial charge in [0.25, 0.3) is 0 Å². The number of carbonyl (C=O) groups excluding carboxylic acids is 1. The first-order valence-electron chi connectivity index (χ1n) is 40.1. The first kappa shape index (κ1) is 104. The molecular weight excluding hydrogens is 1390 g/mol. The smallest absolute Gasteiger partial charge is 0.334 e. The highest BCUT2D eigenvalue weighted by atomic mass is 16.6. The lowest BCUT2D eigenvalue weighted by molar-refractivity contribution is -0.144. The largest absolute Gasteiger partial charge is 0.481 e. The van der Waals surface area contributed by atoms with Crippen molar-refractivity contribution in [3.8, 4) is 0 Å². The summed E-state index contributed by atoms with van der Waals surface area (Å²) in [6, 6.07) is 0. The maximum absolute atomic E-state index is 11.5. The van der Waals surface area contributed by atoms with Gasteiger partial charge in [0.2, 0.25) is 0 Å². The molecule has 0 aliphatic rings. The van der Waals surface area contributed by atoms with Gasteiger partial charge in [-0.15, -0.1) is 0 Å². The van der Waals surface area contributed by atoms with E-state index in [9.17, 15) is 9.59 Å². The van der Waals surface area contributed by atoms with Gasteiger partial charge in [0.05, 0.1) is 330 Å². The number of carboxylic acid groups (broad SMARTS) is 1. The second-order valence-electron chi connectivity index (χ2n) is 24.3. The van der Waals surface area contributed by atoms with E-state index in [0.717, 1.165) is 13.0 Å². The normalized spacial score (nSPS) is 11.7. The van der Waals surface area contributed by atoms with Gasteiger partial charge in [-0.05, 0) is 6.42 Å². The summed E-state index contributed by atoms with van der Waals surface area (Å²) < 4.78 is 143. The molecule has 0 aromatic carbocycles. The van der Waals surface area contributed by atoms with Crippen LogP contribution in [0.3, 0.4) is 0 Å². The molecule has 0 aliphatic heterocycles. The molecule has 0 amide bonds. The summed E-state index contributed by atoms with van der Waals surface area (Å²) in [6.07, 6.45) is 27.5. The van der Waals surface area contributed by atoms with Crippen molar-refractivity contribution in [1.82, 2.24) is 0 Å². The van der Waals surface area contributed by atoms with E-state index in [1.165, 1.54) is 122 Å². The molecule has 0 saturated carbocycles. The van der Waals surface area contributed by atoms with E-state index in [1.54, 1.807) is 0 Å². The van der Waals surface area contributed by atoms with Gasteiger partial charge in [0.15, 0.2) is 0 Å². The van der Waals surface area contributed by atoms with Crippen molar-refractivity contribution in [3.63, 3.8) is 0 Å². The van der Waals surface area contributed by atoms with Crippen molar-refractivity contribution in [2.45, 2.75) is 142 Å². The molecule has 0 aromatic rings. The highest BCUT2D eigenvalue weighted by Crippen LogP contribution is 2.15. The zero-order valence-corrected chi connectivity index (χ0v) is 66.0. The molecule has 0 spiro atoms. The molecule has 0 atom stereocenters. The van der Waals surface area contributed by atoms with Gasteiger partial charge in [0.1, 0.15) is 6.61 Å². The van der Waals surface area contributed by atoms with Crippen LogP contribution < -0.4 is 0 Å². The van der Waals surface area contributed by atoms with Crippen molar-refractivity contribution in [1.29, 1.82) is 0 Å². The Balaban J connectivity index is 3.11. The topological polar surface area (TPSA) is 294 Å². The van der Waals surface area contributed by atoms with Crippen molar-refractivity contribution < 1.29 is 138 Å². The van der Waals surface area contributed by atoms with E-state index >= 15 is 0 Å². The molecule has 0 bridgehead atoms. The van der Waals surface area contributed by atoms with Crippen molar-refractivity contribution in [2.24, 2.45) is 0 Å². The van der Waals surface area contributed by atoms with Crippen LogP contribution in [-0.2, 0) is 133 Å². The van der Waals surface area contributed by atoms with Crippen LogP contribution in [0.25, 0.3) is 0 Å². The Morgan fingerprint density at radius 2 is 0.311 bits per heavy atom. The molecule has 0 aliphatic carbocycles. The van der Waals surface area contributed by atoms with Crippen molar-refractivity contribution >= 4 is 11.9 Å². The molecule has 0 rings (SSSR count). The number of esters is 1. The average molecular weight is 1540 g/mol. The fourth-order valence-corrected chi connectivity index (χ4v) is 9.39. The van der Waals surface area contributed by atoms with Gasteiger partial charge in [-0.25, -0.2) is 4.79 Å². The summed E-state index contributed by atoms with van der Waals surface area (Å²) in [5.74, 6) is -1.89. The molecule has 1 N–H and O–H groups in total. The molecule has 29 nitrogen and oxygen atoms in total. The van der Waals surface area contributed by atoms with Crippen LogP contribution in [-0.4, -0.2) is 354 Å². The van der Waals surface area contributed by atoms with Gasteiger partial charge in [0, 0.05) is 12.2 Å². The SMILES string of the molecule is C=C(CC(=O)O)C(=O)OCCOCCOCCOCCOCCOCCOCCOCCOCCOCCOCCOCCOCCOCCOCCOCCOCCOCCOCCOCCOCCOCCOCCOCCOCCOCCCCCCCCCCCCCCCCCCCCCC. The van der Waals surface area contributed by atoms with E-state index in [-0.39, 0.29) is 18.8 Å². The van der Waals surface area contributed by atoms with E-state index in [0.29, 0.717) is 317 Å². The number of aliphatic carboxylic acids is 1. The van der Waals surface area contributed by atoms with E-state index in [1.807, 2.05) is 0 Å². The zero-order chi connectivity index (χ0) is 76.0. The van der Waals surface area contributed by atoms with E-state index < -0.39 is 18.4 Å². The number of hydrogen-bond acceptors (Lipinski definition) is 28. The standard InChI is InChI=1S/C77H150O29/c1-3-4-5-6-7-8-9-10-11-12-13-14-15-16-17-18-19-20-21-22-23-81-24-25-82-26-27-83-28-29-84-30-31-85-32-33-86-34-35-87-36-37-88-38-39-89-40-41-90-42-43-91-44-45-92-46-47-93-48-49-94-50-51-95-52-53-96-54-55-97-56-57-98-58-59-99-60-61-100-62-63-101-64-65-102-66-67-103-68-69-104-70-71-105-72-73-106-77(80)75(2)74-76(78)79/h2-74H2,1H3,(H,78,79). The van der Waals surface area contributed by atoms with Crippen LogP contribution in [0, 0.1) is 0 Å². The third-order valence-corrected chi connectivity index (χ3v) is 15.2. The molecule has 632 valence electrons. The number of carboxylic acids is 1.